The van der Waals surface area contributed by atoms with Crippen molar-refractivity contribution in [2.24, 2.45) is 23.7 Å². The van der Waals surface area contributed by atoms with Crippen LogP contribution in [0.5, 0.6) is 0 Å². The molecular weight excluding hydrogens is 328 g/mol. The molecule has 4 aliphatic rings. The van der Waals surface area contributed by atoms with Crippen molar-refractivity contribution < 1.29 is 19.2 Å². The number of methoxy groups -OCH3 is 1. The maximum Gasteiger partial charge on any atom is 0.210 e. The van der Waals surface area contributed by atoms with E-state index >= 15 is 0 Å². The molecule has 154 valence electrons. The van der Waals surface area contributed by atoms with Crippen molar-refractivity contribution >= 4 is 0 Å². The SMILES string of the molecule is CC.CC.COC1CCC2(CC1)OOC1(O2)C(C)CC2CC(C)CC1C2. The van der Waals surface area contributed by atoms with Crippen molar-refractivity contribution in [1.29, 1.82) is 0 Å². The Morgan fingerprint density at radius 1 is 0.846 bits per heavy atom. The first-order chi connectivity index (χ1) is 12.6. The lowest BCUT2D eigenvalue weighted by molar-refractivity contribution is -0.380. The van der Waals surface area contributed by atoms with Gasteiger partial charge in [-0.3, -0.25) is 0 Å². The van der Waals surface area contributed by atoms with Gasteiger partial charge in [0.15, 0.2) is 0 Å². The summed E-state index contributed by atoms with van der Waals surface area (Å²) in [7, 11) is 1.80. The summed E-state index contributed by atoms with van der Waals surface area (Å²) in [5.74, 6) is 1.53. The summed E-state index contributed by atoms with van der Waals surface area (Å²) < 4.78 is 12.1. The normalized spacial score (nSPS) is 47.0. The Morgan fingerprint density at radius 2 is 1.50 bits per heavy atom. The monoisotopic (exact) mass is 370 g/mol. The average Bonchev–Trinajstić information content (AvgIpc) is 3.05. The Morgan fingerprint density at radius 3 is 2.12 bits per heavy atom. The molecule has 3 saturated carbocycles. The Kier molecular flexibility index (Phi) is 7.97. The highest BCUT2D eigenvalue weighted by molar-refractivity contribution is 4.99. The van der Waals surface area contributed by atoms with Gasteiger partial charge in [-0.15, -0.1) is 0 Å². The minimum atomic E-state index is -0.517. The van der Waals surface area contributed by atoms with Crippen molar-refractivity contribution in [2.45, 2.75) is 111 Å². The molecule has 4 heteroatoms. The zero-order valence-electron chi connectivity index (χ0n) is 18.2. The third-order valence-corrected chi connectivity index (χ3v) is 6.68. The Bertz CT molecular complexity index is 414. The molecule has 0 radical (unpaired) electrons. The summed E-state index contributed by atoms with van der Waals surface area (Å²) in [5, 5.41) is 0. The van der Waals surface area contributed by atoms with E-state index in [0.29, 0.717) is 17.9 Å². The predicted molar refractivity (Wildman–Crippen MR) is 104 cm³/mol. The molecule has 3 aliphatic carbocycles. The molecule has 1 heterocycles. The van der Waals surface area contributed by atoms with Gasteiger partial charge in [-0.2, -0.15) is 9.78 Å². The summed E-state index contributed by atoms with van der Waals surface area (Å²) in [6, 6.07) is 0. The van der Waals surface area contributed by atoms with E-state index < -0.39 is 11.6 Å². The van der Waals surface area contributed by atoms with Crippen LogP contribution in [0.3, 0.4) is 0 Å². The largest absolute Gasteiger partial charge is 0.381 e. The Balaban J connectivity index is 0.000000570. The van der Waals surface area contributed by atoms with Gasteiger partial charge in [0.05, 0.1) is 6.10 Å². The number of fused-ring (bicyclic) bond motifs is 3. The number of ether oxygens (including phenoxy) is 2. The first-order valence-electron chi connectivity index (χ1n) is 11.1. The minimum absolute atomic E-state index is 0.345. The molecule has 5 atom stereocenters. The van der Waals surface area contributed by atoms with Crippen LogP contribution in [-0.2, 0) is 19.2 Å². The van der Waals surface area contributed by atoms with Crippen LogP contribution in [0.2, 0.25) is 0 Å². The summed E-state index contributed by atoms with van der Waals surface area (Å²) >= 11 is 0. The maximum atomic E-state index is 6.66. The van der Waals surface area contributed by atoms with Crippen molar-refractivity contribution in [3.63, 3.8) is 0 Å². The minimum Gasteiger partial charge on any atom is -0.381 e. The van der Waals surface area contributed by atoms with E-state index in [9.17, 15) is 0 Å². The smallest absolute Gasteiger partial charge is 0.210 e. The van der Waals surface area contributed by atoms with Crippen LogP contribution < -0.4 is 0 Å². The van der Waals surface area contributed by atoms with E-state index in [1.54, 1.807) is 7.11 Å². The molecule has 26 heavy (non-hydrogen) atoms. The van der Waals surface area contributed by atoms with Gasteiger partial charge < -0.3 is 9.47 Å². The zero-order valence-corrected chi connectivity index (χ0v) is 18.2. The van der Waals surface area contributed by atoms with E-state index in [1.807, 2.05) is 27.7 Å². The fourth-order valence-electron chi connectivity index (χ4n) is 5.59. The Hall–Kier alpha value is -0.160. The molecule has 0 aromatic carbocycles. The lowest BCUT2D eigenvalue weighted by atomic mass is 9.62. The standard InChI is InChI=1S/C18H30O4.2C2H6/c1-12-8-14-10-13(2)18(15(9-12)11-14)20-17(21-22-18)6-4-16(19-3)5-7-17;2*1-2/h12-16H,4-11H2,1-3H3;2*1-2H3. The van der Waals surface area contributed by atoms with E-state index in [0.717, 1.165) is 37.5 Å². The second-order valence-electron chi connectivity index (χ2n) is 8.35. The summed E-state index contributed by atoms with van der Waals surface area (Å²) in [6.45, 7) is 12.7. The molecule has 2 bridgehead atoms. The molecule has 1 saturated heterocycles. The van der Waals surface area contributed by atoms with Crippen molar-refractivity contribution in [3.8, 4) is 0 Å². The molecule has 4 fully saturated rings. The molecule has 5 unspecified atom stereocenters. The average molecular weight is 371 g/mol. The van der Waals surface area contributed by atoms with Gasteiger partial charge in [-0.1, -0.05) is 41.5 Å². The third kappa shape index (κ3) is 4.14. The second kappa shape index (κ2) is 9.36. The van der Waals surface area contributed by atoms with Gasteiger partial charge in [0.25, 0.3) is 0 Å². The van der Waals surface area contributed by atoms with E-state index in [4.69, 9.17) is 19.2 Å². The quantitative estimate of drug-likeness (QED) is 0.523. The van der Waals surface area contributed by atoms with E-state index in [-0.39, 0.29) is 0 Å². The zero-order chi connectivity index (χ0) is 19.4. The maximum absolute atomic E-state index is 6.66. The topological polar surface area (TPSA) is 36.9 Å². The number of hydrogen-bond acceptors (Lipinski definition) is 4. The first-order valence-corrected chi connectivity index (χ1v) is 11.1. The first kappa shape index (κ1) is 22.1. The van der Waals surface area contributed by atoms with Gasteiger partial charge >= 0.3 is 0 Å². The van der Waals surface area contributed by atoms with Crippen LogP contribution in [0.25, 0.3) is 0 Å². The Labute approximate surface area is 161 Å². The van der Waals surface area contributed by atoms with Gasteiger partial charge in [0, 0.05) is 31.8 Å². The lowest BCUT2D eigenvalue weighted by Gasteiger charge is -2.50. The van der Waals surface area contributed by atoms with Crippen LogP contribution in [-0.4, -0.2) is 24.8 Å². The van der Waals surface area contributed by atoms with Gasteiger partial charge in [0.1, 0.15) is 0 Å². The third-order valence-electron chi connectivity index (χ3n) is 6.68. The number of rotatable bonds is 1. The molecule has 0 N–H and O–H groups in total. The number of hydrogen-bond donors (Lipinski definition) is 0. The van der Waals surface area contributed by atoms with Crippen LogP contribution in [0.4, 0.5) is 0 Å². The van der Waals surface area contributed by atoms with Crippen molar-refractivity contribution in [1.82, 2.24) is 0 Å². The highest BCUT2D eigenvalue weighted by atomic mass is 17.3. The fraction of sp³-hybridized carbons (Fsp3) is 1.00. The second-order valence-corrected chi connectivity index (χ2v) is 8.35. The summed E-state index contributed by atoms with van der Waals surface area (Å²) in [5.41, 5.74) is 0. The van der Waals surface area contributed by atoms with Crippen molar-refractivity contribution in [2.75, 3.05) is 7.11 Å². The highest BCUT2D eigenvalue weighted by Gasteiger charge is 2.62. The van der Waals surface area contributed by atoms with Crippen LogP contribution in [0.1, 0.15) is 92.9 Å². The van der Waals surface area contributed by atoms with Gasteiger partial charge in [-0.25, -0.2) is 0 Å². The predicted octanol–water partition coefficient (Wildman–Crippen LogP) is 6.09. The van der Waals surface area contributed by atoms with Gasteiger partial charge in [0.2, 0.25) is 11.6 Å². The molecular formula is C22H42O4. The summed E-state index contributed by atoms with van der Waals surface area (Å²) in [4.78, 5) is 11.9. The molecule has 2 spiro atoms. The lowest BCUT2D eigenvalue weighted by Crippen LogP contribution is -2.54. The van der Waals surface area contributed by atoms with E-state index in [2.05, 4.69) is 13.8 Å². The molecule has 0 aromatic rings. The molecule has 1 aliphatic heterocycles. The van der Waals surface area contributed by atoms with E-state index in [1.165, 1.54) is 25.7 Å². The van der Waals surface area contributed by atoms with Crippen molar-refractivity contribution in [3.05, 3.63) is 0 Å². The molecule has 0 aromatic heterocycles. The fourth-order valence-corrected chi connectivity index (χ4v) is 5.59. The summed E-state index contributed by atoms with van der Waals surface area (Å²) in [6.07, 6.45) is 9.13. The van der Waals surface area contributed by atoms with Gasteiger partial charge in [-0.05, 0) is 50.4 Å². The van der Waals surface area contributed by atoms with Crippen LogP contribution >= 0.6 is 0 Å². The molecule has 4 rings (SSSR count). The molecule has 4 nitrogen and oxygen atoms in total. The molecule has 0 amide bonds. The van der Waals surface area contributed by atoms with Crippen LogP contribution in [0, 0.1) is 23.7 Å². The highest BCUT2D eigenvalue weighted by Crippen LogP contribution is 2.57. The van der Waals surface area contributed by atoms with Crippen LogP contribution in [0.15, 0.2) is 0 Å².